The van der Waals surface area contributed by atoms with Gasteiger partial charge in [-0.25, -0.2) is 0 Å². The van der Waals surface area contributed by atoms with E-state index in [1.807, 2.05) is 23.9 Å². The molecule has 21 heavy (non-hydrogen) atoms. The molecule has 0 aliphatic heterocycles. The number of hydrogen-bond acceptors (Lipinski definition) is 3. The maximum Gasteiger partial charge on any atom is 0.306 e. The van der Waals surface area contributed by atoms with Gasteiger partial charge in [-0.05, 0) is 56.9 Å². The molecule has 3 nitrogen and oxygen atoms in total. The Balaban J connectivity index is 1.54. The van der Waals surface area contributed by atoms with E-state index in [1.165, 1.54) is 5.56 Å². The fourth-order valence-electron chi connectivity index (χ4n) is 2.61. The summed E-state index contributed by atoms with van der Waals surface area (Å²) in [6.07, 6.45) is 4.80. The number of benzene rings is 1. The molecule has 2 rings (SSSR count). The van der Waals surface area contributed by atoms with Gasteiger partial charge in [0, 0.05) is 5.25 Å². The Morgan fingerprint density at radius 1 is 1.24 bits per heavy atom. The number of carboxylic acid groups (broad SMARTS) is 1. The number of aliphatic carboxylic acids is 1. The van der Waals surface area contributed by atoms with Crippen molar-refractivity contribution in [3.05, 3.63) is 29.8 Å². The van der Waals surface area contributed by atoms with Crippen LogP contribution in [0.5, 0.6) is 5.75 Å². The van der Waals surface area contributed by atoms with Gasteiger partial charge in [0.25, 0.3) is 0 Å². The minimum Gasteiger partial charge on any atom is -0.494 e. The Labute approximate surface area is 131 Å². The van der Waals surface area contributed by atoms with E-state index in [1.54, 1.807) is 0 Å². The zero-order valence-electron chi connectivity index (χ0n) is 12.6. The van der Waals surface area contributed by atoms with Gasteiger partial charge < -0.3 is 9.84 Å². The Kier molecular flexibility index (Phi) is 6.43. The summed E-state index contributed by atoms with van der Waals surface area (Å²) >= 11 is 1.98. The Bertz CT molecular complexity index is 436. The van der Waals surface area contributed by atoms with Gasteiger partial charge in [0.1, 0.15) is 5.75 Å². The second kappa shape index (κ2) is 8.32. The number of hydrogen-bond donors (Lipinski definition) is 1. The highest BCUT2D eigenvalue weighted by Crippen LogP contribution is 2.32. The number of carboxylic acids is 1. The molecule has 0 amide bonds. The minimum absolute atomic E-state index is 0.105. The van der Waals surface area contributed by atoms with Crippen molar-refractivity contribution in [1.29, 1.82) is 0 Å². The predicted octanol–water partition coefficient (Wildman–Crippen LogP) is 4.14. The van der Waals surface area contributed by atoms with Crippen LogP contribution in [-0.4, -0.2) is 28.7 Å². The normalized spacial score (nSPS) is 22.0. The molecular weight excluding hydrogens is 284 g/mol. The third-order valence-corrected chi connectivity index (χ3v) is 5.42. The first-order chi connectivity index (χ1) is 10.1. The summed E-state index contributed by atoms with van der Waals surface area (Å²) in [4.78, 5) is 10.9. The van der Waals surface area contributed by atoms with Gasteiger partial charge in [0.05, 0.1) is 12.5 Å². The molecule has 1 aromatic rings. The summed E-state index contributed by atoms with van der Waals surface area (Å²) in [5, 5.41) is 9.61. The van der Waals surface area contributed by atoms with E-state index in [0.717, 1.165) is 50.2 Å². The highest BCUT2D eigenvalue weighted by Gasteiger charge is 2.25. The van der Waals surface area contributed by atoms with Crippen LogP contribution >= 0.6 is 11.8 Å². The van der Waals surface area contributed by atoms with E-state index in [-0.39, 0.29) is 5.92 Å². The fraction of sp³-hybridized carbons (Fsp3) is 0.588. The molecule has 0 unspecified atom stereocenters. The summed E-state index contributed by atoms with van der Waals surface area (Å²) in [5.74, 6) is 1.30. The van der Waals surface area contributed by atoms with Crippen molar-refractivity contribution in [2.24, 2.45) is 5.92 Å². The molecule has 1 saturated carbocycles. The van der Waals surface area contributed by atoms with E-state index in [0.29, 0.717) is 5.25 Å². The van der Waals surface area contributed by atoms with Gasteiger partial charge in [-0.2, -0.15) is 11.8 Å². The number of rotatable bonds is 7. The monoisotopic (exact) mass is 308 g/mol. The number of ether oxygens (including phenoxy) is 1. The number of aryl methyl sites for hydroxylation is 1. The van der Waals surface area contributed by atoms with Crippen molar-refractivity contribution < 1.29 is 14.6 Å². The molecule has 116 valence electrons. The molecule has 0 aromatic heterocycles. The first-order valence-corrected chi connectivity index (χ1v) is 8.74. The molecule has 1 fully saturated rings. The topological polar surface area (TPSA) is 46.5 Å². The molecule has 1 aromatic carbocycles. The van der Waals surface area contributed by atoms with Gasteiger partial charge in [0.15, 0.2) is 0 Å². The molecule has 0 saturated heterocycles. The first-order valence-electron chi connectivity index (χ1n) is 7.69. The maximum absolute atomic E-state index is 10.9. The summed E-state index contributed by atoms with van der Waals surface area (Å²) in [7, 11) is 0. The van der Waals surface area contributed by atoms with Crippen molar-refractivity contribution in [3.8, 4) is 5.75 Å². The van der Waals surface area contributed by atoms with E-state index in [9.17, 15) is 4.79 Å². The van der Waals surface area contributed by atoms with Crippen LogP contribution in [0, 0.1) is 12.8 Å². The SMILES string of the molecule is Cc1ccc(OCCCSC2CCC(C(=O)O)CC2)cc1. The lowest BCUT2D eigenvalue weighted by molar-refractivity contribution is -0.142. The van der Waals surface area contributed by atoms with Crippen LogP contribution in [0.15, 0.2) is 24.3 Å². The standard InChI is InChI=1S/C17H24O3S/c1-13-3-7-15(8-4-13)20-11-2-12-21-16-9-5-14(6-10-16)17(18)19/h3-4,7-8,14,16H,2,5-6,9-12H2,1H3,(H,18,19). The molecule has 1 aliphatic rings. The van der Waals surface area contributed by atoms with Gasteiger partial charge in [-0.1, -0.05) is 17.7 Å². The lowest BCUT2D eigenvalue weighted by Crippen LogP contribution is -2.22. The molecule has 4 heteroatoms. The second-order valence-electron chi connectivity index (χ2n) is 5.70. The van der Waals surface area contributed by atoms with Crippen molar-refractivity contribution in [1.82, 2.24) is 0 Å². The van der Waals surface area contributed by atoms with Gasteiger partial charge in [-0.3, -0.25) is 4.79 Å². The summed E-state index contributed by atoms with van der Waals surface area (Å²) in [6, 6.07) is 8.14. The van der Waals surface area contributed by atoms with E-state index >= 15 is 0 Å². The molecule has 0 bridgehead atoms. The second-order valence-corrected chi connectivity index (χ2v) is 7.11. The average Bonchev–Trinajstić information content (AvgIpc) is 2.49. The van der Waals surface area contributed by atoms with Crippen LogP contribution in [0.1, 0.15) is 37.7 Å². The molecule has 0 atom stereocenters. The van der Waals surface area contributed by atoms with Crippen LogP contribution in [0.25, 0.3) is 0 Å². The Hall–Kier alpha value is -1.16. The zero-order chi connectivity index (χ0) is 15.1. The van der Waals surface area contributed by atoms with E-state index < -0.39 is 5.97 Å². The van der Waals surface area contributed by atoms with Crippen molar-refractivity contribution in [2.45, 2.75) is 44.3 Å². The molecule has 0 radical (unpaired) electrons. The van der Waals surface area contributed by atoms with Crippen LogP contribution in [0.4, 0.5) is 0 Å². The van der Waals surface area contributed by atoms with Gasteiger partial charge >= 0.3 is 5.97 Å². The number of thioether (sulfide) groups is 1. The van der Waals surface area contributed by atoms with Crippen LogP contribution < -0.4 is 4.74 Å². The summed E-state index contributed by atoms with van der Waals surface area (Å²) in [6.45, 7) is 2.82. The molecule has 0 spiro atoms. The van der Waals surface area contributed by atoms with Crippen LogP contribution in [0.2, 0.25) is 0 Å². The quantitative estimate of drug-likeness (QED) is 0.769. The lowest BCUT2D eigenvalue weighted by atomic mass is 9.89. The van der Waals surface area contributed by atoms with Gasteiger partial charge in [0.2, 0.25) is 0 Å². The molecule has 1 aliphatic carbocycles. The van der Waals surface area contributed by atoms with Crippen molar-refractivity contribution >= 4 is 17.7 Å². The Morgan fingerprint density at radius 2 is 1.90 bits per heavy atom. The van der Waals surface area contributed by atoms with Crippen LogP contribution in [0.3, 0.4) is 0 Å². The molecule has 1 N–H and O–H groups in total. The predicted molar refractivity (Wildman–Crippen MR) is 87.1 cm³/mol. The highest BCUT2D eigenvalue weighted by molar-refractivity contribution is 7.99. The lowest BCUT2D eigenvalue weighted by Gasteiger charge is -2.25. The molecule has 0 heterocycles. The van der Waals surface area contributed by atoms with Crippen LogP contribution in [-0.2, 0) is 4.79 Å². The summed E-state index contributed by atoms with van der Waals surface area (Å²) < 4.78 is 5.71. The average molecular weight is 308 g/mol. The number of carbonyl (C=O) groups is 1. The first kappa shape index (κ1) is 16.2. The minimum atomic E-state index is -0.620. The van der Waals surface area contributed by atoms with E-state index in [2.05, 4.69) is 19.1 Å². The van der Waals surface area contributed by atoms with Crippen molar-refractivity contribution in [3.63, 3.8) is 0 Å². The van der Waals surface area contributed by atoms with Crippen molar-refractivity contribution in [2.75, 3.05) is 12.4 Å². The maximum atomic E-state index is 10.9. The summed E-state index contributed by atoms with van der Waals surface area (Å²) in [5.41, 5.74) is 1.25. The molecular formula is C17H24O3S. The van der Waals surface area contributed by atoms with Gasteiger partial charge in [-0.15, -0.1) is 0 Å². The fourth-order valence-corrected chi connectivity index (χ4v) is 3.83. The highest BCUT2D eigenvalue weighted by atomic mass is 32.2. The van der Waals surface area contributed by atoms with E-state index in [4.69, 9.17) is 9.84 Å². The Morgan fingerprint density at radius 3 is 2.52 bits per heavy atom. The largest absolute Gasteiger partial charge is 0.494 e. The smallest absolute Gasteiger partial charge is 0.306 e. The zero-order valence-corrected chi connectivity index (χ0v) is 13.4. The third-order valence-electron chi connectivity index (χ3n) is 3.96. The third kappa shape index (κ3) is 5.62.